The molecule has 0 aliphatic carbocycles. The molecule has 1 unspecified atom stereocenters. The minimum Gasteiger partial charge on any atom is -0.362 e. The highest BCUT2D eigenvalue weighted by Crippen LogP contribution is 2.12. The van der Waals surface area contributed by atoms with E-state index in [1.807, 2.05) is 13.8 Å². The van der Waals surface area contributed by atoms with Crippen LogP contribution < -0.4 is 4.18 Å². The maximum Gasteiger partial charge on any atom is 0.307 e. The van der Waals surface area contributed by atoms with Gasteiger partial charge in [0.05, 0.1) is 6.26 Å². The number of nitrogens with zero attached hydrogens (tertiary/aromatic N) is 2. The number of hydrogen-bond acceptors (Lipinski definition) is 5. The van der Waals surface area contributed by atoms with Crippen molar-refractivity contribution in [3.05, 3.63) is 23.9 Å². The topological polar surface area (TPSA) is 76.6 Å². The Labute approximate surface area is 113 Å². The van der Waals surface area contributed by atoms with Gasteiger partial charge < -0.3 is 9.08 Å². The molecular formula is C12H18N2O4S. The van der Waals surface area contributed by atoms with Gasteiger partial charge in [-0.2, -0.15) is 8.42 Å². The smallest absolute Gasteiger partial charge is 0.307 e. The molecule has 0 spiro atoms. The van der Waals surface area contributed by atoms with Crippen molar-refractivity contribution >= 4 is 16.0 Å². The predicted molar refractivity (Wildman–Crippen MR) is 71.6 cm³/mol. The molecule has 0 saturated heterocycles. The summed E-state index contributed by atoms with van der Waals surface area (Å²) in [5, 5.41) is 0. The largest absolute Gasteiger partial charge is 0.362 e. The summed E-state index contributed by atoms with van der Waals surface area (Å²) >= 11 is 0. The number of amides is 1. The summed E-state index contributed by atoms with van der Waals surface area (Å²) in [6.45, 7) is 3.90. The number of carbonyl (C=O) groups excluding carboxylic acids is 1. The summed E-state index contributed by atoms with van der Waals surface area (Å²) < 4.78 is 26.7. The average molecular weight is 286 g/mol. The molecule has 0 radical (unpaired) electrons. The van der Waals surface area contributed by atoms with Crippen LogP contribution in [0.2, 0.25) is 0 Å². The molecule has 6 nitrogen and oxygen atoms in total. The first-order valence-electron chi connectivity index (χ1n) is 5.88. The van der Waals surface area contributed by atoms with Crippen molar-refractivity contribution in [1.29, 1.82) is 0 Å². The highest BCUT2D eigenvalue weighted by molar-refractivity contribution is 7.86. The minimum absolute atomic E-state index is 0.0776. The highest BCUT2D eigenvalue weighted by Gasteiger charge is 2.18. The van der Waals surface area contributed by atoms with Crippen molar-refractivity contribution in [2.45, 2.75) is 26.3 Å². The number of aromatic nitrogens is 1. The molecule has 0 aromatic carbocycles. The second kappa shape index (κ2) is 6.01. The maximum atomic E-state index is 12.1. The molecular weight excluding hydrogens is 268 g/mol. The Kier molecular flexibility index (Phi) is 4.88. The summed E-state index contributed by atoms with van der Waals surface area (Å²) in [7, 11) is -1.97. The van der Waals surface area contributed by atoms with Crippen LogP contribution in [0.5, 0.6) is 5.88 Å². The molecule has 1 atom stereocenters. The number of hydrogen-bond donors (Lipinski definition) is 0. The second-order valence-corrected chi connectivity index (χ2v) is 5.90. The van der Waals surface area contributed by atoms with Gasteiger partial charge in [0.15, 0.2) is 0 Å². The molecule has 0 saturated carbocycles. The van der Waals surface area contributed by atoms with Gasteiger partial charge in [0, 0.05) is 19.2 Å². The molecule has 0 aliphatic rings. The van der Waals surface area contributed by atoms with E-state index in [0.29, 0.717) is 0 Å². The lowest BCUT2D eigenvalue weighted by molar-refractivity contribution is 0.0734. The second-order valence-electron chi connectivity index (χ2n) is 4.32. The zero-order valence-corrected chi connectivity index (χ0v) is 12.3. The Morgan fingerprint density at radius 3 is 2.63 bits per heavy atom. The molecule has 0 fully saturated rings. The van der Waals surface area contributed by atoms with Crippen LogP contribution in [0.3, 0.4) is 0 Å². The first-order chi connectivity index (χ1) is 8.74. The van der Waals surface area contributed by atoms with Crippen molar-refractivity contribution in [3.8, 4) is 5.88 Å². The standard InChI is InChI=1S/C12H18N2O4S/c1-5-9(2)14(3)12(15)10-7-6-8-11(13-10)18-19(4,16)17/h6-9H,5H2,1-4H3. The number of carbonyl (C=O) groups is 1. The highest BCUT2D eigenvalue weighted by atomic mass is 32.2. The Bertz CT molecular complexity index is 557. The van der Waals surface area contributed by atoms with E-state index in [0.717, 1.165) is 12.7 Å². The first kappa shape index (κ1) is 15.4. The Morgan fingerprint density at radius 2 is 2.11 bits per heavy atom. The fraction of sp³-hybridized carbons (Fsp3) is 0.500. The van der Waals surface area contributed by atoms with Gasteiger partial charge in [0.1, 0.15) is 5.69 Å². The van der Waals surface area contributed by atoms with E-state index >= 15 is 0 Å². The Hall–Kier alpha value is -1.63. The van der Waals surface area contributed by atoms with Crippen LogP contribution in [0.1, 0.15) is 30.8 Å². The van der Waals surface area contributed by atoms with E-state index in [4.69, 9.17) is 0 Å². The van der Waals surface area contributed by atoms with Crippen molar-refractivity contribution in [3.63, 3.8) is 0 Å². The van der Waals surface area contributed by atoms with Gasteiger partial charge in [-0.25, -0.2) is 4.98 Å². The number of pyridine rings is 1. The molecule has 1 heterocycles. The SMILES string of the molecule is CCC(C)N(C)C(=O)c1cccc(OS(C)(=O)=O)n1. The lowest BCUT2D eigenvalue weighted by Gasteiger charge is -2.23. The fourth-order valence-corrected chi connectivity index (χ4v) is 1.79. The molecule has 0 N–H and O–H groups in total. The quantitative estimate of drug-likeness (QED) is 0.762. The summed E-state index contributed by atoms with van der Waals surface area (Å²) in [6.07, 6.45) is 1.75. The Balaban J connectivity index is 2.96. The molecule has 106 valence electrons. The maximum absolute atomic E-state index is 12.1. The predicted octanol–water partition coefficient (Wildman–Crippen LogP) is 1.29. The van der Waals surface area contributed by atoms with Gasteiger partial charge in [-0.05, 0) is 19.4 Å². The molecule has 1 rings (SSSR count). The zero-order valence-electron chi connectivity index (χ0n) is 11.5. The van der Waals surface area contributed by atoms with Crippen molar-refractivity contribution in [1.82, 2.24) is 9.88 Å². The van der Waals surface area contributed by atoms with E-state index < -0.39 is 10.1 Å². The molecule has 1 aromatic rings. The van der Waals surface area contributed by atoms with E-state index in [-0.39, 0.29) is 23.5 Å². The van der Waals surface area contributed by atoms with Crippen LogP contribution in [-0.2, 0) is 10.1 Å². The lowest BCUT2D eigenvalue weighted by Crippen LogP contribution is -2.35. The third kappa shape index (κ3) is 4.51. The number of rotatable bonds is 5. The molecule has 0 aliphatic heterocycles. The van der Waals surface area contributed by atoms with Crippen molar-refractivity contribution in [2.24, 2.45) is 0 Å². The van der Waals surface area contributed by atoms with Crippen LogP contribution >= 0.6 is 0 Å². The normalized spacial score (nSPS) is 12.8. The molecule has 0 bridgehead atoms. The van der Waals surface area contributed by atoms with E-state index in [9.17, 15) is 13.2 Å². The van der Waals surface area contributed by atoms with E-state index in [1.54, 1.807) is 11.9 Å². The van der Waals surface area contributed by atoms with Gasteiger partial charge in [-0.15, -0.1) is 0 Å². The third-order valence-corrected chi connectivity index (χ3v) is 3.23. The van der Waals surface area contributed by atoms with Gasteiger partial charge >= 0.3 is 10.1 Å². The average Bonchev–Trinajstić information content (AvgIpc) is 2.34. The molecule has 7 heteroatoms. The van der Waals surface area contributed by atoms with Gasteiger partial charge in [0.2, 0.25) is 5.88 Å². The van der Waals surface area contributed by atoms with Crippen molar-refractivity contribution in [2.75, 3.05) is 13.3 Å². The lowest BCUT2D eigenvalue weighted by atomic mass is 10.2. The molecule has 19 heavy (non-hydrogen) atoms. The molecule has 1 amide bonds. The summed E-state index contributed by atoms with van der Waals surface area (Å²) in [5.74, 6) is -0.376. The third-order valence-electron chi connectivity index (χ3n) is 2.75. The van der Waals surface area contributed by atoms with Crippen molar-refractivity contribution < 1.29 is 17.4 Å². The van der Waals surface area contributed by atoms with E-state index in [1.165, 1.54) is 18.2 Å². The monoisotopic (exact) mass is 286 g/mol. The van der Waals surface area contributed by atoms with Gasteiger partial charge in [0.25, 0.3) is 5.91 Å². The van der Waals surface area contributed by atoms with Crippen LogP contribution in [0, 0.1) is 0 Å². The van der Waals surface area contributed by atoms with Gasteiger partial charge in [-0.3, -0.25) is 4.79 Å². The van der Waals surface area contributed by atoms with Gasteiger partial charge in [-0.1, -0.05) is 13.0 Å². The Morgan fingerprint density at radius 1 is 1.47 bits per heavy atom. The summed E-state index contributed by atoms with van der Waals surface area (Å²) in [6, 6.07) is 4.52. The fourth-order valence-electron chi connectivity index (χ4n) is 1.39. The summed E-state index contributed by atoms with van der Waals surface area (Å²) in [5.41, 5.74) is 0.156. The molecule has 1 aromatic heterocycles. The van der Waals surface area contributed by atoms with E-state index in [2.05, 4.69) is 9.17 Å². The van der Waals surface area contributed by atoms with Crippen LogP contribution in [0.25, 0.3) is 0 Å². The zero-order chi connectivity index (χ0) is 14.6. The summed E-state index contributed by atoms with van der Waals surface area (Å²) in [4.78, 5) is 17.6. The van der Waals surface area contributed by atoms with Crippen LogP contribution in [0.4, 0.5) is 0 Å². The first-order valence-corrected chi connectivity index (χ1v) is 7.70. The van der Waals surface area contributed by atoms with Crippen LogP contribution in [0.15, 0.2) is 18.2 Å². The van der Waals surface area contributed by atoms with Crippen LogP contribution in [-0.4, -0.2) is 43.6 Å². The minimum atomic E-state index is -3.65.